The molecule has 17 heavy (non-hydrogen) atoms. The van der Waals surface area contributed by atoms with E-state index in [0.717, 1.165) is 18.5 Å². The summed E-state index contributed by atoms with van der Waals surface area (Å²) in [6, 6.07) is 9.25. The topological polar surface area (TPSA) is 38.3 Å². The lowest BCUT2D eigenvalue weighted by Gasteiger charge is -2.10. The molecular weight excluding hydrogens is 214 g/mol. The van der Waals surface area contributed by atoms with Crippen LogP contribution in [0.25, 0.3) is 0 Å². The van der Waals surface area contributed by atoms with Crippen LogP contribution in [0.1, 0.15) is 26.7 Å². The van der Waals surface area contributed by atoms with Gasteiger partial charge in [-0.15, -0.1) is 0 Å². The van der Waals surface area contributed by atoms with E-state index in [1.165, 1.54) is 0 Å². The van der Waals surface area contributed by atoms with Gasteiger partial charge >= 0.3 is 6.09 Å². The fraction of sp³-hybridized carbons (Fsp3) is 0.357. The molecule has 3 nitrogen and oxygen atoms in total. The number of amides is 1. The van der Waals surface area contributed by atoms with Gasteiger partial charge in [-0.1, -0.05) is 37.6 Å². The average molecular weight is 233 g/mol. The van der Waals surface area contributed by atoms with E-state index in [-0.39, 0.29) is 6.10 Å². The number of nitrogens with one attached hydrogen (secondary N) is 1. The molecule has 0 heterocycles. The Morgan fingerprint density at radius 1 is 1.41 bits per heavy atom. The van der Waals surface area contributed by atoms with Crippen molar-refractivity contribution in [1.82, 2.24) is 0 Å². The van der Waals surface area contributed by atoms with E-state index in [4.69, 9.17) is 4.74 Å². The van der Waals surface area contributed by atoms with E-state index < -0.39 is 6.09 Å². The lowest BCUT2D eigenvalue weighted by Crippen LogP contribution is -2.18. The predicted octanol–water partition coefficient (Wildman–Crippen LogP) is 3.98. The number of rotatable bonds is 5. The number of carbonyl (C=O) groups excluding carboxylic acids is 1. The second-order valence-electron chi connectivity index (χ2n) is 3.82. The zero-order chi connectivity index (χ0) is 12.5. The number of carbonyl (C=O) groups is 1. The van der Waals surface area contributed by atoms with E-state index in [2.05, 4.69) is 12.2 Å². The second kappa shape index (κ2) is 7.49. The van der Waals surface area contributed by atoms with E-state index in [1.54, 1.807) is 0 Å². The Bertz CT molecular complexity index is 360. The summed E-state index contributed by atoms with van der Waals surface area (Å²) in [5.74, 6) is 0. The fourth-order valence-electron chi connectivity index (χ4n) is 1.33. The standard InChI is InChI=1S/C14H19NO2/c1-3-4-6-9-12(2)17-14(16)15-13-10-7-5-8-11-13/h5-12H,3-4H2,1-2H3,(H,15,16)/b9-6+. The van der Waals surface area contributed by atoms with Crippen molar-refractivity contribution < 1.29 is 9.53 Å². The average Bonchev–Trinajstić information content (AvgIpc) is 2.30. The summed E-state index contributed by atoms with van der Waals surface area (Å²) in [7, 11) is 0. The van der Waals surface area contributed by atoms with Crippen LogP contribution >= 0.6 is 0 Å². The number of hydrogen-bond acceptors (Lipinski definition) is 2. The molecule has 1 amide bonds. The SMILES string of the molecule is CCC/C=C/C(C)OC(=O)Nc1ccccc1. The van der Waals surface area contributed by atoms with Gasteiger partial charge in [0.15, 0.2) is 0 Å². The molecule has 0 spiro atoms. The van der Waals surface area contributed by atoms with E-state index in [1.807, 2.05) is 49.4 Å². The third-order valence-electron chi connectivity index (χ3n) is 2.18. The van der Waals surface area contributed by atoms with Crippen LogP contribution in [-0.2, 0) is 4.74 Å². The van der Waals surface area contributed by atoms with Gasteiger partial charge in [-0.2, -0.15) is 0 Å². The number of ether oxygens (including phenoxy) is 1. The van der Waals surface area contributed by atoms with E-state index >= 15 is 0 Å². The molecular formula is C14H19NO2. The molecule has 0 saturated carbocycles. The van der Waals surface area contributed by atoms with Crippen LogP contribution in [0.3, 0.4) is 0 Å². The van der Waals surface area contributed by atoms with Crippen molar-refractivity contribution in [3.05, 3.63) is 42.5 Å². The quantitative estimate of drug-likeness (QED) is 0.781. The van der Waals surface area contributed by atoms with Crippen molar-refractivity contribution in [3.8, 4) is 0 Å². The maximum Gasteiger partial charge on any atom is 0.412 e. The van der Waals surface area contributed by atoms with Crippen molar-refractivity contribution in [3.63, 3.8) is 0 Å². The molecule has 1 aromatic carbocycles. The summed E-state index contributed by atoms with van der Waals surface area (Å²) >= 11 is 0. The first kappa shape index (κ1) is 13.3. The fourth-order valence-corrected chi connectivity index (χ4v) is 1.33. The van der Waals surface area contributed by atoms with Gasteiger partial charge in [-0.3, -0.25) is 5.32 Å². The van der Waals surface area contributed by atoms with Crippen molar-refractivity contribution in [1.29, 1.82) is 0 Å². The van der Waals surface area contributed by atoms with Crippen LogP contribution in [0.15, 0.2) is 42.5 Å². The largest absolute Gasteiger partial charge is 0.442 e. The lowest BCUT2D eigenvalue weighted by atomic mass is 10.3. The monoisotopic (exact) mass is 233 g/mol. The Labute approximate surface area is 102 Å². The highest BCUT2D eigenvalue weighted by Crippen LogP contribution is 2.06. The number of allylic oxidation sites excluding steroid dienone is 1. The molecule has 0 radical (unpaired) electrons. The molecule has 0 aliphatic heterocycles. The molecule has 92 valence electrons. The lowest BCUT2D eigenvalue weighted by molar-refractivity contribution is 0.142. The van der Waals surface area contributed by atoms with Crippen molar-refractivity contribution in [2.24, 2.45) is 0 Å². The highest BCUT2D eigenvalue weighted by molar-refractivity contribution is 5.84. The third-order valence-corrected chi connectivity index (χ3v) is 2.18. The molecule has 0 aliphatic rings. The van der Waals surface area contributed by atoms with Gasteiger partial charge in [0.1, 0.15) is 6.10 Å². The van der Waals surface area contributed by atoms with Crippen molar-refractivity contribution >= 4 is 11.8 Å². The Morgan fingerprint density at radius 3 is 2.76 bits per heavy atom. The van der Waals surface area contributed by atoms with Gasteiger partial charge in [-0.05, 0) is 31.6 Å². The second-order valence-corrected chi connectivity index (χ2v) is 3.82. The Morgan fingerprint density at radius 2 is 2.12 bits per heavy atom. The molecule has 0 saturated heterocycles. The highest BCUT2D eigenvalue weighted by Gasteiger charge is 2.05. The van der Waals surface area contributed by atoms with E-state index in [9.17, 15) is 4.79 Å². The van der Waals surface area contributed by atoms with Gasteiger partial charge in [0.05, 0.1) is 0 Å². The predicted molar refractivity (Wildman–Crippen MR) is 70.1 cm³/mol. The first-order chi connectivity index (χ1) is 8.22. The Balaban J connectivity index is 2.34. The molecule has 0 aromatic heterocycles. The zero-order valence-electron chi connectivity index (χ0n) is 10.3. The number of unbranched alkanes of at least 4 members (excludes halogenated alkanes) is 1. The van der Waals surface area contributed by atoms with Crippen LogP contribution in [-0.4, -0.2) is 12.2 Å². The normalized spacial score (nSPS) is 12.4. The number of para-hydroxylation sites is 1. The summed E-state index contributed by atoms with van der Waals surface area (Å²) in [6.45, 7) is 3.95. The molecule has 3 heteroatoms. The number of hydrogen-bond donors (Lipinski definition) is 1. The molecule has 1 rings (SSSR count). The maximum absolute atomic E-state index is 11.5. The summed E-state index contributed by atoms with van der Waals surface area (Å²) in [5, 5.41) is 2.67. The smallest absolute Gasteiger partial charge is 0.412 e. The summed E-state index contributed by atoms with van der Waals surface area (Å²) < 4.78 is 5.16. The van der Waals surface area contributed by atoms with Crippen LogP contribution in [0.4, 0.5) is 10.5 Å². The highest BCUT2D eigenvalue weighted by atomic mass is 16.6. The number of anilines is 1. The first-order valence-electron chi connectivity index (χ1n) is 5.91. The van der Waals surface area contributed by atoms with Crippen LogP contribution < -0.4 is 5.32 Å². The molecule has 1 atom stereocenters. The Kier molecular flexibility index (Phi) is 5.86. The summed E-state index contributed by atoms with van der Waals surface area (Å²) in [4.78, 5) is 11.5. The van der Waals surface area contributed by atoms with Crippen LogP contribution in [0.5, 0.6) is 0 Å². The minimum atomic E-state index is -0.426. The maximum atomic E-state index is 11.5. The van der Waals surface area contributed by atoms with Gasteiger partial charge in [0.2, 0.25) is 0 Å². The number of benzene rings is 1. The first-order valence-corrected chi connectivity index (χ1v) is 5.91. The molecule has 0 bridgehead atoms. The molecule has 1 aromatic rings. The Hall–Kier alpha value is -1.77. The van der Waals surface area contributed by atoms with Crippen molar-refractivity contribution in [2.75, 3.05) is 5.32 Å². The summed E-state index contributed by atoms with van der Waals surface area (Å²) in [5.41, 5.74) is 0.738. The van der Waals surface area contributed by atoms with Gasteiger partial charge in [0, 0.05) is 5.69 Å². The third kappa shape index (κ3) is 5.76. The van der Waals surface area contributed by atoms with Crippen LogP contribution in [0.2, 0.25) is 0 Å². The van der Waals surface area contributed by atoms with Gasteiger partial charge in [0.25, 0.3) is 0 Å². The van der Waals surface area contributed by atoms with Gasteiger partial charge in [-0.25, -0.2) is 4.79 Å². The molecule has 0 aliphatic carbocycles. The minimum Gasteiger partial charge on any atom is -0.442 e. The van der Waals surface area contributed by atoms with Crippen LogP contribution in [0, 0.1) is 0 Å². The van der Waals surface area contributed by atoms with Crippen molar-refractivity contribution in [2.45, 2.75) is 32.8 Å². The molecule has 0 fully saturated rings. The molecule has 1 unspecified atom stereocenters. The minimum absolute atomic E-state index is 0.203. The van der Waals surface area contributed by atoms with Gasteiger partial charge < -0.3 is 4.74 Å². The van der Waals surface area contributed by atoms with E-state index in [0.29, 0.717) is 0 Å². The zero-order valence-corrected chi connectivity index (χ0v) is 10.3. The summed E-state index contributed by atoms with van der Waals surface area (Å²) in [6.07, 6.45) is 5.40. The molecule has 1 N–H and O–H groups in total.